The van der Waals surface area contributed by atoms with Gasteiger partial charge in [-0.05, 0) is 39.0 Å². The highest BCUT2D eigenvalue weighted by Gasteiger charge is 2.31. The van der Waals surface area contributed by atoms with Crippen molar-refractivity contribution >= 4 is 0 Å². The zero-order valence-corrected chi connectivity index (χ0v) is 12.6. The third-order valence-corrected chi connectivity index (χ3v) is 3.51. The normalized spacial score (nSPS) is 18.5. The maximum absolute atomic E-state index is 9.46. The average molecular weight is 273 g/mol. The van der Waals surface area contributed by atoms with Crippen LogP contribution in [0, 0.1) is 0 Å². The number of aliphatic hydroxyl groups is 1. The lowest BCUT2D eigenvalue weighted by molar-refractivity contribution is 0.0418. The minimum atomic E-state index is -0.137. The van der Waals surface area contributed by atoms with E-state index in [2.05, 4.69) is 19.2 Å². The van der Waals surface area contributed by atoms with E-state index in [9.17, 15) is 5.11 Å². The van der Waals surface area contributed by atoms with Crippen LogP contribution in [0.4, 0.5) is 0 Å². The van der Waals surface area contributed by atoms with Crippen molar-refractivity contribution in [3.05, 3.63) is 0 Å². The Bertz CT molecular complexity index is 221. The van der Waals surface area contributed by atoms with E-state index in [1.54, 1.807) is 0 Å². The molecular formula is C15H31NO3. The molecule has 0 heterocycles. The maximum atomic E-state index is 9.46. The molecule has 19 heavy (non-hydrogen) atoms. The molecule has 0 radical (unpaired) electrons. The van der Waals surface area contributed by atoms with E-state index < -0.39 is 0 Å². The number of unbranched alkanes of at least 4 members (excludes halogenated alkanes) is 1. The Labute approximate surface area is 117 Å². The van der Waals surface area contributed by atoms with Gasteiger partial charge in [0.25, 0.3) is 0 Å². The molecule has 1 saturated carbocycles. The van der Waals surface area contributed by atoms with Gasteiger partial charge < -0.3 is 19.9 Å². The molecule has 2 N–H and O–H groups in total. The summed E-state index contributed by atoms with van der Waals surface area (Å²) in [5.74, 6) is 0. The summed E-state index contributed by atoms with van der Waals surface area (Å²) >= 11 is 0. The van der Waals surface area contributed by atoms with Crippen molar-refractivity contribution < 1.29 is 14.6 Å². The topological polar surface area (TPSA) is 50.7 Å². The number of aliphatic hydroxyl groups excluding tert-OH is 1. The number of rotatable bonds is 13. The van der Waals surface area contributed by atoms with Crippen LogP contribution in [0.1, 0.15) is 52.4 Å². The Hall–Kier alpha value is -0.160. The Morgan fingerprint density at radius 3 is 2.26 bits per heavy atom. The van der Waals surface area contributed by atoms with Gasteiger partial charge in [0.1, 0.15) is 0 Å². The van der Waals surface area contributed by atoms with E-state index in [1.807, 2.05) is 0 Å². The molecule has 114 valence electrons. The zero-order valence-electron chi connectivity index (χ0n) is 12.6. The summed E-state index contributed by atoms with van der Waals surface area (Å²) in [5, 5.41) is 13.0. The lowest BCUT2D eigenvalue weighted by Crippen LogP contribution is -2.47. The standard InChI is InChI=1S/C15H31NO3/c1-3-4-9-18-11-12-19-10-5-8-15(2,13-17)16-14-6-7-14/h14,16-17H,3-13H2,1-2H3. The first-order chi connectivity index (χ1) is 9.20. The zero-order chi connectivity index (χ0) is 14.0. The number of ether oxygens (including phenoxy) is 2. The Balaban J connectivity index is 1.90. The minimum absolute atomic E-state index is 0.137. The summed E-state index contributed by atoms with van der Waals surface area (Å²) < 4.78 is 11.0. The maximum Gasteiger partial charge on any atom is 0.0700 e. The van der Waals surface area contributed by atoms with Gasteiger partial charge in [0, 0.05) is 24.8 Å². The van der Waals surface area contributed by atoms with Crippen molar-refractivity contribution in [2.24, 2.45) is 0 Å². The summed E-state index contributed by atoms with van der Waals surface area (Å²) in [6.45, 7) is 7.41. The fourth-order valence-corrected chi connectivity index (χ4v) is 2.05. The summed E-state index contributed by atoms with van der Waals surface area (Å²) in [4.78, 5) is 0. The predicted molar refractivity (Wildman–Crippen MR) is 77.4 cm³/mol. The van der Waals surface area contributed by atoms with E-state index >= 15 is 0 Å². The molecule has 1 atom stereocenters. The fraction of sp³-hybridized carbons (Fsp3) is 1.00. The van der Waals surface area contributed by atoms with Crippen LogP contribution in [0.3, 0.4) is 0 Å². The van der Waals surface area contributed by atoms with Crippen LogP contribution in [-0.2, 0) is 9.47 Å². The second-order valence-electron chi connectivity index (χ2n) is 5.82. The molecule has 0 saturated heterocycles. The number of hydrogen-bond donors (Lipinski definition) is 2. The first-order valence-corrected chi connectivity index (χ1v) is 7.74. The molecule has 0 aromatic heterocycles. The van der Waals surface area contributed by atoms with Gasteiger partial charge in [0.15, 0.2) is 0 Å². The van der Waals surface area contributed by atoms with Crippen LogP contribution in [0.15, 0.2) is 0 Å². The molecule has 1 aliphatic carbocycles. The molecule has 0 aromatic carbocycles. The smallest absolute Gasteiger partial charge is 0.0700 e. The largest absolute Gasteiger partial charge is 0.394 e. The molecule has 1 rings (SSSR count). The van der Waals surface area contributed by atoms with Gasteiger partial charge in [0.2, 0.25) is 0 Å². The highest BCUT2D eigenvalue weighted by Crippen LogP contribution is 2.24. The highest BCUT2D eigenvalue weighted by molar-refractivity contribution is 4.92. The van der Waals surface area contributed by atoms with Crippen molar-refractivity contribution in [3.63, 3.8) is 0 Å². The molecule has 1 fully saturated rings. The third kappa shape index (κ3) is 8.58. The van der Waals surface area contributed by atoms with Crippen LogP contribution in [0.5, 0.6) is 0 Å². The predicted octanol–water partition coefficient (Wildman–Crippen LogP) is 2.10. The average Bonchev–Trinajstić information content (AvgIpc) is 3.20. The van der Waals surface area contributed by atoms with Crippen molar-refractivity contribution in [1.29, 1.82) is 0 Å². The van der Waals surface area contributed by atoms with Crippen LogP contribution < -0.4 is 5.32 Å². The third-order valence-electron chi connectivity index (χ3n) is 3.51. The molecule has 0 aliphatic heterocycles. The van der Waals surface area contributed by atoms with E-state index in [0.29, 0.717) is 19.3 Å². The van der Waals surface area contributed by atoms with Crippen molar-refractivity contribution in [3.8, 4) is 0 Å². The lowest BCUT2D eigenvalue weighted by Gasteiger charge is -2.29. The Morgan fingerprint density at radius 1 is 1.11 bits per heavy atom. The Kier molecular flexibility index (Phi) is 8.62. The van der Waals surface area contributed by atoms with Crippen LogP contribution in [-0.4, -0.2) is 49.7 Å². The minimum Gasteiger partial charge on any atom is -0.394 e. The summed E-state index contributed by atoms with van der Waals surface area (Å²) in [6.07, 6.45) is 6.74. The fourth-order valence-electron chi connectivity index (χ4n) is 2.05. The second-order valence-corrected chi connectivity index (χ2v) is 5.82. The first-order valence-electron chi connectivity index (χ1n) is 7.74. The second kappa shape index (κ2) is 9.70. The van der Waals surface area contributed by atoms with E-state index in [1.165, 1.54) is 19.3 Å². The van der Waals surface area contributed by atoms with Gasteiger partial charge in [-0.25, -0.2) is 0 Å². The summed E-state index contributed by atoms with van der Waals surface area (Å²) in [7, 11) is 0. The van der Waals surface area contributed by atoms with Crippen LogP contribution >= 0.6 is 0 Å². The van der Waals surface area contributed by atoms with Crippen molar-refractivity contribution in [2.45, 2.75) is 64.0 Å². The van der Waals surface area contributed by atoms with Gasteiger partial charge in [-0.1, -0.05) is 13.3 Å². The summed E-state index contributed by atoms with van der Waals surface area (Å²) in [6, 6.07) is 0.630. The Morgan fingerprint density at radius 2 is 1.74 bits per heavy atom. The quantitative estimate of drug-likeness (QED) is 0.505. The molecule has 1 unspecified atom stereocenters. The van der Waals surface area contributed by atoms with E-state index in [4.69, 9.17) is 9.47 Å². The summed E-state index contributed by atoms with van der Waals surface area (Å²) in [5.41, 5.74) is -0.137. The van der Waals surface area contributed by atoms with Gasteiger partial charge in [-0.3, -0.25) is 0 Å². The molecular weight excluding hydrogens is 242 g/mol. The van der Waals surface area contributed by atoms with E-state index in [-0.39, 0.29) is 12.1 Å². The highest BCUT2D eigenvalue weighted by atomic mass is 16.5. The monoisotopic (exact) mass is 273 g/mol. The molecule has 0 aromatic rings. The van der Waals surface area contributed by atoms with Crippen molar-refractivity contribution in [1.82, 2.24) is 5.32 Å². The van der Waals surface area contributed by atoms with Crippen molar-refractivity contribution in [2.75, 3.05) is 33.0 Å². The van der Waals surface area contributed by atoms with E-state index in [0.717, 1.165) is 32.5 Å². The number of hydrogen-bond acceptors (Lipinski definition) is 4. The number of nitrogens with one attached hydrogen (secondary N) is 1. The molecule has 4 heteroatoms. The molecule has 0 spiro atoms. The van der Waals surface area contributed by atoms with Gasteiger partial charge in [0.05, 0.1) is 19.8 Å². The van der Waals surface area contributed by atoms with Crippen LogP contribution in [0.2, 0.25) is 0 Å². The van der Waals surface area contributed by atoms with Gasteiger partial charge in [-0.2, -0.15) is 0 Å². The van der Waals surface area contributed by atoms with Crippen LogP contribution in [0.25, 0.3) is 0 Å². The van der Waals surface area contributed by atoms with Gasteiger partial charge in [-0.15, -0.1) is 0 Å². The first kappa shape index (κ1) is 16.9. The molecule has 4 nitrogen and oxygen atoms in total. The molecule has 0 amide bonds. The van der Waals surface area contributed by atoms with Gasteiger partial charge >= 0.3 is 0 Å². The molecule has 0 bridgehead atoms. The molecule has 1 aliphatic rings. The SMILES string of the molecule is CCCCOCCOCCCC(C)(CO)NC1CC1. The lowest BCUT2D eigenvalue weighted by atomic mass is 9.97.